The van der Waals surface area contributed by atoms with Gasteiger partial charge in [0.15, 0.2) is 0 Å². The van der Waals surface area contributed by atoms with Crippen molar-refractivity contribution in [1.29, 1.82) is 0 Å². The van der Waals surface area contributed by atoms with Gasteiger partial charge >= 0.3 is 83.0 Å². The fourth-order valence-corrected chi connectivity index (χ4v) is 1.48. The second-order valence-corrected chi connectivity index (χ2v) is 4.00. The van der Waals surface area contributed by atoms with E-state index >= 15 is 0 Å². The van der Waals surface area contributed by atoms with E-state index in [1.165, 1.54) is 0 Å². The summed E-state index contributed by atoms with van der Waals surface area (Å²) in [5.41, 5.74) is 0. The number of aliphatic carboxylic acids is 4. The molecule has 126 valence electrons. The van der Waals surface area contributed by atoms with Crippen LogP contribution in [-0.2, 0) is 19.2 Å². The van der Waals surface area contributed by atoms with Gasteiger partial charge in [0.05, 0.1) is 26.2 Å². The van der Waals surface area contributed by atoms with Crippen molar-refractivity contribution in [3.8, 4) is 0 Å². The van der Waals surface area contributed by atoms with Gasteiger partial charge in [-0.15, -0.1) is 0 Å². The van der Waals surface area contributed by atoms with E-state index in [0.29, 0.717) is 0 Å². The first-order valence-electron chi connectivity index (χ1n) is 5.52. The quantitative estimate of drug-likeness (QED) is 0.234. The third-order valence-electron chi connectivity index (χ3n) is 2.17. The van der Waals surface area contributed by atoms with Gasteiger partial charge < -0.3 is 26.6 Å². The third-order valence-corrected chi connectivity index (χ3v) is 2.17. The third kappa shape index (κ3) is 19.7. The molecule has 0 saturated carbocycles. The zero-order valence-electron chi connectivity index (χ0n) is 11.3. The van der Waals surface area contributed by atoms with E-state index in [0.717, 1.165) is 9.80 Å². The molecule has 0 aromatic rings. The normalized spacial score (nSPS) is 9.30. The van der Waals surface area contributed by atoms with Crippen LogP contribution in [0.25, 0.3) is 0 Å². The molecule has 0 radical (unpaired) electrons. The van der Waals surface area contributed by atoms with E-state index in [9.17, 15) is 19.2 Å². The fraction of sp³-hybridized carbons (Fsp3) is 0.600. The number of carbonyl (C=O) groups is 4. The van der Waals surface area contributed by atoms with Crippen molar-refractivity contribution in [2.45, 2.75) is 0 Å². The molecule has 0 bridgehead atoms. The Morgan fingerprint density at radius 2 is 0.739 bits per heavy atom. The average Bonchev–Trinajstić information content (AvgIpc) is 2.22. The van der Waals surface area contributed by atoms with E-state index in [1.54, 1.807) is 0 Å². The summed E-state index contributed by atoms with van der Waals surface area (Å²) in [5, 5.41) is 34.5. The molecule has 0 spiro atoms. The van der Waals surface area contributed by atoms with E-state index in [4.69, 9.17) is 20.4 Å². The Labute approximate surface area is 176 Å². The van der Waals surface area contributed by atoms with Crippen LogP contribution >= 0.6 is 0 Å². The Bertz CT molecular complexity index is 328. The van der Waals surface area contributed by atoms with Gasteiger partial charge in [0.25, 0.3) is 0 Å². The van der Waals surface area contributed by atoms with Crippen molar-refractivity contribution in [2.24, 2.45) is 0 Å². The first-order valence-corrected chi connectivity index (χ1v) is 5.52. The monoisotopic (exact) mass is 357 g/mol. The Morgan fingerprint density at radius 3 is 0.870 bits per heavy atom. The van der Waals surface area contributed by atoms with Gasteiger partial charge in [-0.05, 0) is 0 Å². The molecule has 0 unspecified atom stereocenters. The van der Waals surface area contributed by atoms with Crippen molar-refractivity contribution in [3.63, 3.8) is 0 Å². The van der Waals surface area contributed by atoms with Gasteiger partial charge in [0, 0.05) is 13.1 Å². The molecule has 0 saturated heterocycles. The van der Waals surface area contributed by atoms with Crippen molar-refractivity contribution in [2.75, 3.05) is 39.3 Å². The first kappa shape index (κ1) is 30.6. The second-order valence-electron chi connectivity index (χ2n) is 4.00. The summed E-state index contributed by atoms with van der Waals surface area (Å²) >= 11 is 0. The molecule has 13 heteroatoms. The van der Waals surface area contributed by atoms with Gasteiger partial charge in [-0.1, -0.05) is 0 Å². The molecular formula is C10H21N3Na2O8. The Hall–Kier alpha value is -0.240. The maximum absolute atomic E-state index is 10.6. The first-order chi connectivity index (χ1) is 9.20. The number of hydrogen-bond acceptors (Lipinski definition) is 7. The second kappa shape index (κ2) is 16.6. The summed E-state index contributed by atoms with van der Waals surface area (Å²) in [4.78, 5) is 44.4. The molecule has 7 N–H and O–H groups in total. The molecule has 0 aromatic carbocycles. The van der Waals surface area contributed by atoms with Gasteiger partial charge in [0.2, 0.25) is 0 Å². The van der Waals surface area contributed by atoms with Crippen LogP contribution in [0.15, 0.2) is 0 Å². The van der Waals surface area contributed by atoms with Crippen LogP contribution < -0.4 is 6.15 Å². The number of hydrogen-bond donors (Lipinski definition) is 5. The molecule has 0 amide bonds. The van der Waals surface area contributed by atoms with Crippen molar-refractivity contribution < 1.29 is 39.6 Å². The molecule has 0 aliphatic heterocycles. The molecule has 11 nitrogen and oxygen atoms in total. The molecule has 23 heavy (non-hydrogen) atoms. The van der Waals surface area contributed by atoms with Crippen molar-refractivity contribution in [3.05, 3.63) is 0 Å². The van der Waals surface area contributed by atoms with E-state index in [-0.39, 0.29) is 78.4 Å². The SMILES string of the molecule is N.O=C(O)CN(CCN(CC(=O)O)CC(=O)O)CC(=O)O.[NaH].[NaH]. The fourth-order valence-electron chi connectivity index (χ4n) is 1.48. The summed E-state index contributed by atoms with van der Waals surface area (Å²) in [6.07, 6.45) is 0. The molecule has 0 aliphatic carbocycles. The molecule has 0 atom stereocenters. The van der Waals surface area contributed by atoms with Crippen molar-refractivity contribution in [1.82, 2.24) is 16.0 Å². The van der Waals surface area contributed by atoms with Crippen LogP contribution in [-0.4, -0.2) is 152 Å². The summed E-state index contributed by atoms with van der Waals surface area (Å²) in [7, 11) is 0. The van der Waals surface area contributed by atoms with E-state index < -0.39 is 50.1 Å². The number of nitrogens with zero attached hydrogens (tertiary/aromatic N) is 2. The Balaban J connectivity index is -0.000000602. The predicted molar refractivity (Wildman–Crippen MR) is 82.7 cm³/mol. The minimum atomic E-state index is -1.23. The van der Waals surface area contributed by atoms with Crippen molar-refractivity contribution >= 4 is 83.0 Å². The van der Waals surface area contributed by atoms with Gasteiger partial charge in [-0.3, -0.25) is 29.0 Å². The number of carboxylic acids is 4. The average molecular weight is 357 g/mol. The van der Waals surface area contributed by atoms with E-state index in [2.05, 4.69) is 0 Å². The minimum absolute atomic E-state index is 0. The van der Waals surface area contributed by atoms with Crippen LogP contribution in [0.3, 0.4) is 0 Å². The maximum atomic E-state index is 10.6. The predicted octanol–water partition coefficient (Wildman–Crippen LogP) is -3.21. The van der Waals surface area contributed by atoms with Crippen LogP contribution in [0.2, 0.25) is 0 Å². The van der Waals surface area contributed by atoms with Gasteiger partial charge in [-0.2, -0.15) is 0 Å². The van der Waals surface area contributed by atoms with E-state index in [1.807, 2.05) is 0 Å². The van der Waals surface area contributed by atoms with Gasteiger partial charge in [0.1, 0.15) is 0 Å². The van der Waals surface area contributed by atoms with Crippen LogP contribution in [0.1, 0.15) is 0 Å². The molecular weight excluding hydrogens is 336 g/mol. The zero-order valence-corrected chi connectivity index (χ0v) is 11.3. The summed E-state index contributed by atoms with van der Waals surface area (Å²) in [6, 6.07) is 0. The molecule has 0 aliphatic rings. The Morgan fingerprint density at radius 1 is 0.565 bits per heavy atom. The standard InChI is InChI=1S/C10H16N2O8.H3N.2Na.2H/c13-7(14)3-11(4-8(15)16)1-2-12(5-9(17)18)6-10(19)20;;;;;/h1-6H2,(H,13,14)(H,15,16)(H,17,18)(H,19,20);1H3;;;;. The topological polar surface area (TPSA) is 191 Å². The molecule has 0 fully saturated rings. The zero-order chi connectivity index (χ0) is 15.7. The number of carboxylic acid groups (broad SMARTS) is 4. The molecule has 0 heterocycles. The molecule has 0 rings (SSSR count). The Kier molecular flexibility index (Phi) is 22.1. The van der Waals surface area contributed by atoms with Crippen LogP contribution in [0.4, 0.5) is 0 Å². The number of rotatable bonds is 11. The summed E-state index contributed by atoms with van der Waals surface area (Å²) < 4.78 is 0. The summed E-state index contributed by atoms with van der Waals surface area (Å²) in [5.74, 6) is -4.91. The molecule has 0 aromatic heterocycles. The summed E-state index contributed by atoms with van der Waals surface area (Å²) in [6.45, 7) is -2.25. The van der Waals surface area contributed by atoms with Gasteiger partial charge in [-0.25, -0.2) is 0 Å². The van der Waals surface area contributed by atoms with Crippen LogP contribution in [0.5, 0.6) is 0 Å². The van der Waals surface area contributed by atoms with Crippen LogP contribution in [0, 0.1) is 0 Å².